The Labute approximate surface area is 74.7 Å². The van der Waals surface area contributed by atoms with Crippen LogP contribution >= 0.6 is 0 Å². The number of ether oxygens (including phenoxy) is 1. The predicted octanol–water partition coefficient (Wildman–Crippen LogP) is 1.08. The molecule has 1 aromatic rings. The van der Waals surface area contributed by atoms with Gasteiger partial charge in [-0.2, -0.15) is 8.42 Å². The molecule has 0 fully saturated rings. The average molecular weight is 206 g/mol. The molecule has 4 nitrogen and oxygen atoms in total. The van der Waals surface area contributed by atoms with Crippen LogP contribution in [0.5, 0.6) is 5.75 Å². The Kier molecular flexibility index (Phi) is 2.53. The smallest absolute Gasteiger partial charge is 0.298 e. The summed E-state index contributed by atoms with van der Waals surface area (Å²) in [5.74, 6) is -0.850. The van der Waals surface area contributed by atoms with Gasteiger partial charge >= 0.3 is 0 Å². The summed E-state index contributed by atoms with van der Waals surface area (Å²) in [5.41, 5.74) is 0. The summed E-state index contributed by atoms with van der Waals surface area (Å²) in [6.45, 7) is 0. The van der Waals surface area contributed by atoms with Crippen molar-refractivity contribution in [3.05, 3.63) is 24.0 Å². The van der Waals surface area contributed by atoms with Crippen molar-refractivity contribution in [1.29, 1.82) is 0 Å². The number of halogens is 1. The van der Waals surface area contributed by atoms with E-state index in [2.05, 4.69) is 4.74 Å². The van der Waals surface area contributed by atoms with E-state index in [1.165, 1.54) is 7.11 Å². The van der Waals surface area contributed by atoms with Crippen LogP contribution < -0.4 is 4.74 Å². The minimum absolute atomic E-state index is 0.0936. The lowest BCUT2D eigenvalue weighted by molar-refractivity contribution is 0.395. The zero-order chi connectivity index (χ0) is 10.1. The molecule has 13 heavy (non-hydrogen) atoms. The highest BCUT2D eigenvalue weighted by molar-refractivity contribution is 7.86. The molecule has 0 unspecified atom stereocenters. The number of rotatable bonds is 2. The Morgan fingerprint density at radius 1 is 1.46 bits per heavy atom. The van der Waals surface area contributed by atoms with Crippen molar-refractivity contribution >= 4 is 10.1 Å². The first kappa shape index (κ1) is 9.94. The molecule has 6 heteroatoms. The van der Waals surface area contributed by atoms with E-state index >= 15 is 0 Å². The molecule has 0 saturated carbocycles. The molecule has 1 N–H and O–H groups in total. The van der Waals surface area contributed by atoms with Crippen molar-refractivity contribution in [3.8, 4) is 5.75 Å². The fourth-order valence-corrected chi connectivity index (χ4v) is 1.52. The largest absolute Gasteiger partial charge is 0.495 e. The van der Waals surface area contributed by atoms with Gasteiger partial charge in [0.25, 0.3) is 10.1 Å². The third-order valence-corrected chi connectivity index (χ3v) is 2.28. The van der Waals surface area contributed by atoms with Crippen LogP contribution in [-0.2, 0) is 10.1 Å². The highest BCUT2D eigenvalue weighted by Gasteiger charge is 2.16. The molecule has 0 spiro atoms. The third-order valence-electron chi connectivity index (χ3n) is 1.40. The SMILES string of the molecule is COc1ccc(F)cc1S(=O)(=O)O. The minimum atomic E-state index is -4.43. The Morgan fingerprint density at radius 3 is 2.54 bits per heavy atom. The third kappa shape index (κ3) is 2.16. The zero-order valence-corrected chi connectivity index (χ0v) is 7.51. The number of hydrogen-bond acceptors (Lipinski definition) is 3. The van der Waals surface area contributed by atoms with Gasteiger partial charge in [0.2, 0.25) is 0 Å². The van der Waals surface area contributed by atoms with Gasteiger partial charge in [-0.25, -0.2) is 4.39 Å². The molecule has 1 rings (SSSR count). The second-order valence-electron chi connectivity index (χ2n) is 2.27. The second kappa shape index (κ2) is 3.31. The average Bonchev–Trinajstić information content (AvgIpc) is 2.03. The van der Waals surface area contributed by atoms with Gasteiger partial charge in [0.15, 0.2) is 0 Å². The molecule has 0 radical (unpaired) electrons. The van der Waals surface area contributed by atoms with Crippen molar-refractivity contribution in [2.75, 3.05) is 7.11 Å². The molecule has 0 aliphatic rings. The maximum absolute atomic E-state index is 12.6. The van der Waals surface area contributed by atoms with E-state index in [0.29, 0.717) is 6.07 Å². The quantitative estimate of drug-likeness (QED) is 0.735. The maximum atomic E-state index is 12.6. The van der Waals surface area contributed by atoms with Crippen molar-refractivity contribution in [1.82, 2.24) is 0 Å². The summed E-state index contributed by atoms with van der Waals surface area (Å²) in [6.07, 6.45) is 0. The van der Waals surface area contributed by atoms with Crippen molar-refractivity contribution in [3.63, 3.8) is 0 Å². The molecule has 72 valence electrons. The summed E-state index contributed by atoms with van der Waals surface area (Å²) in [4.78, 5) is -0.574. The van der Waals surface area contributed by atoms with Gasteiger partial charge in [-0.15, -0.1) is 0 Å². The topological polar surface area (TPSA) is 63.6 Å². The van der Waals surface area contributed by atoms with Gasteiger partial charge in [-0.05, 0) is 18.2 Å². The molecule has 0 saturated heterocycles. The van der Waals surface area contributed by atoms with Gasteiger partial charge in [-0.1, -0.05) is 0 Å². The standard InChI is InChI=1S/C7H7FO4S/c1-12-6-3-2-5(8)4-7(6)13(9,10)11/h2-4H,1H3,(H,9,10,11). The van der Waals surface area contributed by atoms with Gasteiger partial charge in [0, 0.05) is 0 Å². The van der Waals surface area contributed by atoms with Crippen LogP contribution in [-0.4, -0.2) is 20.1 Å². The van der Waals surface area contributed by atoms with E-state index in [1.807, 2.05) is 0 Å². The number of methoxy groups -OCH3 is 1. The summed E-state index contributed by atoms with van der Waals surface area (Å²) < 4.78 is 47.2. The van der Waals surface area contributed by atoms with Gasteiger partial charge < -0.3 is 4.74 Å². The molecule has 0 amide bonds. The van der Waals surface area contributed by atoms with E-state index < -0.39 is 20.8 Å². The fraction of sp³-hybridized carbons (Fsp3) is 0.143. The number of benzene rings is 1. The normalized spacial score (nSPS) is 11.3. The minimum Gasteiger partial charge on any atom is -0.495 e. The van der Waals surface area contributed by atoms with Crippen LogP contribution in [0, 0.1) is 5.82 Å². The monoisotopic (exact) mass is 206 g/mol. The molecular formula is C7H7FO4S. The van der Waals surface area contributed by atoms with E-state index in [4.69, 9.17) is 4.55 Å². The van der Waals surface area contributed by atoms with Gasteiger partial charge in [0.1, 0.15) is 16.5 Å². The second-order valence-corrected chi connectivity index (χ2v) is 3.66. The Hall–Kier alpha value is -1.14. The lowest BCUT2D eigenvalue weighted by Crippen LogP contribution is -2.01. The zero-order valence-electron chi connectivity index (χ0n) is 6.69. The van der Waals surface area contributed by atoms with E-state index in [1.54, 1.807) is 0 Å². The highest BCUT2D eigenvalue weighted by atomic mass is 32.2. The highest BCUT2D eigenvalue weighted by Crippen LogP contribution is 2.23. The molecule has 0 heterocycles. The van der Waals surface area contributed by atoms with Crippen LogP contribution in [0.2, 0.25) is 0 Å². The van der Waals surface area contributed by atoms with Gasteiger partial charge in [-0.3, -0.25) is 4.55 Å². The Balaban J connectivity index is 3.41. The van der Waals surface area contributed by atoms with Crippen LogP contribution in [0.25, 0.3) is 0 Å². The van der Waals surface area contributed by atoms with Crippen LogP contribution in [0.4, 0.5) is 4.39 Å². The van der Waals surface area contributed by atoms with E-state index in [9.17, 15) is 12.8 Å². The predicted molar refractivity (Wildman–Crippen MR) is 42.8 cm³/mol. The first-order valence-electron chi connectivity index (χ1n) is 3.26. The molecule has 0 bridgehead atoms. The number of hydrogen-bond donors (Lipinski definition) is 1. The van der Waals surface area contributed by atoms with Crippen molar-refractivity contribution < 1.29 is 22.1 Å². The van der Waals surface area contributed by atoms with Crippen LogP contribution in [0.1, 0.15) is 0 Å². The molecule has 0 aliphatic heterocycles. The molecule has 0 aromatic heterocycles. The molecular weight excluding hydrogens is 199 g/mol. The maximum Gasteiger partial charge on any atom is 0.298 e. The lowest BCUT2D eigenvalue weighted by atomic mass is 10.3. The summed E-state index contributed by atoms with van der Waals surface area (Å²) in [5, 5.41) is 0. The molecule has 1 aromatic carbocycles. The van der Waals surface area contributed by atoms with E-state index in [-0.39, 0.29) is 5.75 Å². The van der Waals surface area contributed by atoms with Crippen molar-refractivity contribution in [2.45, 2.75) is 4.90 Å². The summed E-state index contributed by atoms with van der Waals surface area (Å²) in [6, 6.07) is 2.85. The first-order chi connectivity index (χ1) is 5.95. The Bertz CT molecular complexity index is 413. The lowest BCUT2D eigenvalue weighted by Gasteiger charge is -2.04. The molecule has 0 atom stereocenters. The van der Waals surface area contributed by atoms with Crippen molar-refractivity contribution in [2.24, 2.45) is 0 Å². The van der Waals surface area contributed by atoms with Gasteiger partial charge in [0.05, 0.1) is 7.11 Å². The van der Waals surface area contributed by atoms with Crippen LogP contribution in [0.15, 0.2) is 23.1 Å². The first-order valence-corrected chi connectivity index (χ1v) is 4.70. The molecule has 0 aliphatic carbocycles. The summed E-state index contributed by atoms with van der Waals surface area (Å²) in [7, 11) is -3.21. The van der Waals surface area contributed by atoms with E-state index in [0.717, 1.165) is 12.1 Å². The summed E-state index contributed by atoms with van der Waals surface area (Å²) >= 11 is 0. The Morgan fingerprint density at radius 2 is 2.08 bits per heavy atom. The van der Waals surface area contributed by atoms with Crippen LogP contribution in [0.3, 0.4) is 0 Å². The fourth-order valence-electron chi connectivity index (χ4n) is 0.852.